The molecule has 0 saturated carbocycles. The maximum atomic E-state index is 11.4. The minimum atomic E-state index is -1.47. The van der Waals surface area contributed by atoms with Crippen molar-refractivity contribution in [3.05, 3.63) is 89.6 Å². The van der Waals surface area contributed by atoms with Crippen molar-refractivity contribution in [1.29, 1.82) is 0 Å². The Morgan fingerprint density at radius 2 is 1.26 bits per heavy atom. The highest BCUT2D eigenvalue weighted by Gasteiger charge is 2.14. The number of carbonyl (C=O) groups excluding carboxylic acids is 2. The van der Waals surface area contributed by atoms with E-state index in [2.05, 4.69) is 45.8 Å². The van der Waals surface area contributed by atoms with Crippen molar-refractivity contribution in [2.75, 3.05) is 14.2 Å². The van der Waals surface area contributed by atoms with Crippen molar-refractivity contribution in [3.63, 3.8) is 0 Å². The molecule has 2 aromatic carbocycles. The van der Waals surface area contributed by atoms with Gasteiger partial charge in [0.05, 0.1) is 30.1 Å². The summed E-state index contributed by atoms with van der Waals surface area (Å²) >= 11 is 3.29. The molecule has 6 rings (SSSR count). The summed E-state index contributed by atoms with van der Waals surface area (Å²) in [5.74, 6) is 1.46. The summed E-state index contributed by atoms with van der Waals surface area (Å²) in [5, 5.41) is 18.7. The van der Waals surface area contributed by atoms with Gasteiger partial charge in [0.2, 0.25) is 0 Å². The van der Waals surface area contributed by atoms with Gasteiger partial charge in [-0.1, -0.05) is 0 Å². The van der Waals surface area contributed by atoms with Gasteiger partial charge < -0.3 is 29.5 Å². The molecule has 0 unspecified atom stereocenters. The molecule has 0 fully saturated rings. The van der Waals surface area contributed by atoms with Crippen LogP contribution in [0.1, 0.15) is 20.7 Å². The van der Waals surface area contributed by atoms with Gasteiger partial charge >= 0.3 is 7.12 Å². The van der Waals surface area contributed by atoms with Crippen LogP contribution in [0.4, 0.5) is 0 Å². The predicted molar refractivity (Wildman–Crippen MR) is 161 cm³/mol. The SMILES string of the molecule is COc1ccc2[nH]c(-c3cncnc3)c(C=O)c2c1.COc1ccc2[nH]c(Br)c(C=O)c2c1.OB(O)c1cncnc1. The fraction of sp³-hybridized carbons (Fsp3) is 0.0714. The highest BCUT2D eigenvalue weighted by atomic mass is 79.9. The second kappa shape index (κ2) is 14.1. The highest BCUT2D eigenvalue weighted by molar-refractivity contribution is 9.10. The van der Waals surface area contributed by atoms with Crippen LogP contribution in [0.5, 0.6) is 11.5 Å². The summed E-state index contributed by atoms with van der Waals surface area (Å²) in [6.07, 6.45) is 10.5. The lowest BCUT2D eigenvalue weighted by Crippen LogP contribution is -2.30. The molecule has 212 valence electrons. The van der Waals surface area contributed by atoms with E-state index in [1.54, 1.807) is 26.6 Å². The van der Waals surface area contributed by atoms with Crippen LogP contribution in [0.15, 0.2) is 78.4 Å². The first kappa shape index (κ1) is 30.1. The zero-order valence-corrected chi connectivity index (χ0v) is 23.9. The number of aromatic amines is 2. The number of H-pyrrole nitrogens is 2. The van der Waals surface area contributed by atoms with Gasteiger partial charge in [0.1, 0.15) is 24.2 Å². The molecule has 0 saturated heterocycles. The van der Waals surface area contributed by atoms with Crippen LogP contribution >= 0.6 is 15.9 Å². The first-order chi connectivity index (χ1) is 20.4. The predicted octanol–water partition coefficient (Wildman–Crippen LogP) is 3.35. The Labute approximate surface area is 248 Å². The summed E-state index contributed by atoms with van der Waals surface area (Å²) in [6.45, 7) is 0. The van der Waals surface area contributed by atoms with E-state index in [0.29, 0.717) is 26.9 Å². The third-order valence-corrected chi connectivity index (χ3v) is 6.63. The number of benzene rings is 2. The second-order valence-corrected chi connectivity index (χ2v) is 9.29. The van der Waals surface area contributed by atoms with Crippen molar-refractivity contribution in [1.82, 2.24) is 29.9 Å². The number of methoxy groups -OCH3 is 2. The van der Waals surface area contributed by atoms with Crippen molar-refractivity contribution in [2.45, 2.75) is 0 Å². The monoisotopic (exact) mass is 630 g/mol. The summed E-state index contributed by atoms with van der Waals surface area (Å²) in [4.78, 5) is 43.5. The van der Waals surface area contributed by atoms with Gasteiger partial charge in [-0.15, -0.1) is 0 Å². The number of aromatic nitrogens is 6. The minimum Gasteiger partial charge on any atom is -0.497 e. The standard InChI is InChI=1S/C14H11N3O2.C10H8BrNO2.C4H5BN2O2/c1-19-10-2-3-13-11(4-10)12(7-18)14(17-13)9-5-15-8-16-6-9;1-14-6-2-3-9-7(4-6)8(5-13)10(11)12-9;8-5(9)4-1-6-3-7-2-4/h2-8,17H,1H3;2-5,12H,1H3;1-3,8-9H. The molecule has 0 radical (unpaired) electrons. The van der Waals surface area contributed by atoms with E-state index in [1.165, 1.54) is 25.0 Å². The summed E-state index contributed by atoms with van der Waals surface area (Å²) in [6, 6.07) is 11.1. The Bertz CT molecular complexity index is 1800. The number of hydrogen-bond acceptors (Lipinski definition) is 10. The van der Waals surface area contributed by atoms with Crippen LogP contribution in [-0.4, -0.2) is 73.9 Å². The lowest BCUT2D eigenvalue weighted by Gasteiger charge is -1.99. The van der Waals surface area contributed by atoms with E-state index < -0.39 is 7.12 Å². The average molecular weight is 631 g/mol. The molecule has 0 aliphatic rings. The van der Waals surface area contributed by atoms with Crippen molar-refractivity contribution in [2.24, 2.45) is 0 Å². The van der Waals surface area contributed by atoms with Crippen molar-refractivity contribution < 1.29 is 29.1 Å². The summed E-state index contributed by atoms with van der Waals surface area (Å²) in [7, 11) is 1.73. The summed E-state index contributed by atoms with van der Waals surface area (Å²) in [5.41, 5.74) is 4.81. The van der Waals surface area contributed by atoms with Gasteiger partial charge in [0.15, 0.2) is 12.6 Å². The van der Waals surface area contributed by atoms with Crippen LogP contribution in [0.3, 0.4) is 0 Å². The average Bonchev–Trinajstić information content (AvgIpc) is 3.57. The zero-order chi connectivity index (χ0) is 30.1. The Balaban J connectivity index is 0.000000155. The van der Waals surface area contributed by atoms with E-state index in [4.69, 9.17) is 19.5 Å². The molecule has 0 amide bonds. The Morgan fingerprint density at radius 3 is 1.74 bits per heavy atom. The van der Waals surface area contributed by atoms with Crippen LogP contribution < -0.4 is 14.9 Å². The fourth-order valence-corrected chi connectivity index (χ4v) is 4.46. The van der Waals surface area contributed by atoms with Gasteiger partial charge in [-0.25, -0.2) is 19.9 Å². The third-order valence-electron chi connectivity index (χ3n) is 6.01. The first-order valence-corrected chi connectivity index (χ1v) is 13.0. The number of halogens is 1. The van der Waals surface area contributed by atoms with Crippen molar-refractivity contribution in [3.8, 4) is 22.8 Å². The van der Waals surface area contributed by atoms with E-state index >= 15 is 0 Å². The minimum absolute atomic E-state index is 0.303. The number of hydrogen-bond donors (Lipinski definition) is 4. The van der Waals surface area contributed by atoms with E-state index in [9.17, 15) is 9.59 Å². The molecule has 0 spiro atoms. The molecule has 4 heterocycles. The Hall–Kier alpha value is -4.92. The Morgan fingerprint density at radius 1 is 0.762 bits per heavy atom. The summed E-state index contributed by atoms with van der Waals surface area (Å²) < 4.78 is 11.0. The normalized spacial score (nSPS) is 10.2. The zero-order valence-electron chi connectivity index (χ0n) is 22.4. The third kappa shape index (κ3) is 6.86. The molecule has 4 N–H and O–H groups in total. The van der Waals surface area contributed by atoms with E-state index in [-0.39, 0.29) is 0 Å². The molecule has 6 aromatic rings. The fourth-order valence-electron chi connectivity index (χ4n) is 3.94. The number of aldehydes is 2. The molecule has 42 heavy (non-hydrogen) atoms. The first-order valence-electron chi connectivity index (χ1n) is 12.2. The van der Waals surface area contributed by atoms with E-state index in [0.717, 1.165) is 51.4 Å². The number of fused-ring (bicyclic) bond motifs is 2. The quantitative estimate of drug-likeness (QED) is 0.158. The number of rotatable bonds is 6. The van der Waals surface area contributed by atoms with Crippen LogP contribution in [0, 0.1) is 0 Å². The molecule has 12 nitrogen and oxygen atoms in total. The molecular weight excluding hydrogens is 607 g/mol. The number of nitrogens with one attached hydrogen (secondary N) is 2. The number of carbonyl (C=O) groups is 2. The van der Waals surface area contributed by atoms with Crippen LogP contribution in [0.25, 0.3) is 33.1 Å². The molecule has 4 aromatic heterocycles. The molecular formula is C28H24BBrN6O6. The lowest BCUT2D eigenvalue weighted by atomic mass is 9.83. The maximum absolute atomic E-state index is 11.4. The van der Waals surface area contributed by atoms with Crippen LogP contribution in [0.2, 0.25) is 0 Å². The number of ether oxygens (including phenoxy) is 2. The molecule has 0 atom stereocenters. The molecule has 14 heteroatoms. The molecule has 0 bridgehead atoms. The largest absolute Gasteiger partial charge is 0.497 e. The van der Waals surface area contributed by atoms with Crippen LogP contribution in [-0.2, 0) is 0 Å². The molecule has 0 aliphatic carbocycles. The lowest BCUT2D eigenvalue weighted by molar-refractivity contribution is 0.111. The van der Waals surface area contributed by atoms with Crippen molar-refractivity contribution >= 4 is 62.9 Å². The van der Waals surface area contributed by atoms with Gasteiger partial charge in [-0.05, 0) is 52.3 Å². The van der Waals surface area contributed by atoms with E-state index in [1.807, 2.05) is 36.4 Å². The number of nitrogens with zero attached hydrogens (tertiary/aromatic N) is 4. The molecule has 0 aliphatic heterocycles. The van der Waals surface area contributed by atoms with Gasteiger partial charge in [-0.2, -0.15) is 0 Å². The maximum Gasteiger partial charge on any atom is 0.491 e. The Kier molecular flexibility index (Phi) is 10.1. The van der Waals surface area contributed by atoms with Gasteiger partial charge in [0.25, 0.3) is 0 Å². The van der Waals surface area contributed by atoms with Gasteiger partial charge in [0, 0.05) is 63.2 Å². The second-order valence-electron chi connectivity index (χ2n) is 8.50. The topological polar surface area (TPSA) is 176 Å². The van der Waals surface area contributed by atoms with Gasteiger partial charge in [-0.3, -0.25) is 9.59 Å². The highest BCUT2D eigenvalue weighted by Crippen LogP contribution is 2.31. The smallest absolute Gasteiger partial charge is 0.491 e.